The van der Waals surface area contributed by atoms with Crippen LogP contribution in [0.5, 0.6) is 0 Å². The van der Waals surface area contributed by atoms with E-state index in [1.807, 2.05) is 0 Å². The molecule has 0 radical (unpaired) electrons. The number of nitrogens with zero attached hydrogens (tertiary/aromatic N) is 1. The van der Waals surface area contributed by atoms with Gasteiger partial charge in [-0.25, -0.2) is 35.5 Å². The molecule has 1 aromatic rings. The Morgan fingerprint density at radius 2 is 1.72 bits per heavy atom. The second kappa shape index (κ2) is 7.61. The van der Waals surface area contributed by atoms with Gasteiger partial charge in [-0.3, -0.25) is 0 Å². The van der Waals surface area contributed by atoms with Gasteiger partial charge in [0, 0.05) is 6.04 Å². The zero-order chi connectivity index (χ0) is 21.6. The number of hydrazine groups is 1. The lowest BCUT2D eigenvalue weighted by Crippen LogP contribution is -2.54. The van der Waals surface area contributed by atoms with E-state index in [1.54, 1.807) is 0 Å². The molecule has 0 unspecified atom stereocenters. The molecular formula is C16H22N2O8S3. The highest BCUT2D eigenvalue weighted by Crippen LogP contribution is 2.27. The number of rotatable bonds is 6. The van der Waals surface area contributed by atoms with Crippen molar-refractivity contribution in [3.05, 3.63) is 29.3 Å². The van der Waals surface area contributed by atoms with Crippen LogP contribution in [0, 0.1) is 6.92 Å². The Labute approximate surface area is 169 Å². The van der Waals surface area contributed by atoms with Gasteiger partial charge in [0.25, 0.3) is 10.0 Å². The van der Waals surface area contributed by atoms with Crippen molar-refractivity contribution in [3.8, 4) is 0 Å². The number of sulfone groups is 2. The number of aryl methyl sites for hydroxylation is 1. The third-order valence-electron chi connectivity index (χ3n) is 5.05. The van der Waals surface area contributed by atoms with Gasteiger partial charge in [0.1, 0.15) is 0 Å². The molecule has 0 aromatic heterocycles. The van der Waals surface area contributed by atoms with Crippen LogP contribution in [0.2, 0.25) is 0 Å². The van der Waals surface area contributed by atoms with Crippen LogP contribution in [0.1, 0.15) is 28.8 Å². The summed E-state index contributed by atoms with van der Waals surface area (Å²) in [5, 5.41) is 9.20. The van der Waals surface area contributed by atoms with Crippen molar-refractivity contribution in [1.82, 2.24) is 9.84 Å². The molecule has 1 aromatic carbocycles. The van der Waals surface area contributed by atoms with Crippen molar-refractivity contribution in [2.75, 3.05) is 23.0 Å². The van der Waals surface area contributed by atoms with Crippen molar-refractivity contribution in [1.29, 1.82) is 0 Å². The quantitative estimate of drug-likeness (QED) is 0.531. The smallest absolute Gasteiger partial charge is 0.335 e. The molecule has 0 amide bonds. The van der Waals surface area contributed by atoms with Crippen LogP contribution in [-0.4, -0.2) is 75.8 Å². The summed E-state index contributed by atoms with van der Waals surface area (Å²) < 4.78 is 75.0. The monoisotopic (exact) mass is 466 g/mol. The maximum absolute atomic E-state index is 13.4. The number of benzene rings is 1. The van der Waals surface area contributed by atoms with E-state index in [4.69, 9.17) is 0 Å². The Kier molecular flexibility index (Phi) is 5.82. The van der Waals surface area contributed by atoms with Gasteiger partial charge in [-0.1, -0.05) is 6.07 Å². The number of carboxylic acids is 1. The molecule has 3 rings (SSSR count). The SMILES string of the molecule is Cc1ccc(C(=O)O)cc1S(=O)(=O)N(N[C@@H]1CCS(=O)(=O)C1)[C@@H]1CCS(=O)(=O)C1. The van der Waals surface area contributed by atoms with Crippen molar-refractivity contribution < 1.29 is 35.2 Å². The van der Waals surface area contributed by atoms with Crippen LogP contribution in [-0.2, 0) is 29.7 Å². The lowest BCUT2D eigenvalue weighted by molar-refractivity contribution is 0.0696. The lowest BCUT2D eigenvalue weighted by Gasteiger charge is -2.31. The van der Waals surface area contributed by atoms with Gasteiger partial charge in [-0.15, -0.1) is 4.41 Å². The van der Waals surface area contributed by atoms with E-state index in [0.717, 1.165) is 10.5 Å². The number of carbonyl (C=O) groups is 1. The molecule has 29 heavy (non-hydrogen) atoms. The molecule has 0 aliphatic carbocycles. The van der Waals surface area contributed by atoms with Crippen LogP contribution in [0.15, 0.2) is 23.1 Å². The van der Waals surface area contributed by atoms with Gasteiger partial charge >= 0.3 is 5.97 Å². The summed E-state index contributed by atoms with van der Waals surface area (Å²) in [5.41, 5.74) is 2.79. The minimum Gasteiger partial charge on any atom is -0.478 e. The molecule has 0 spiro atoms. The Morgan fingerprint density at radius 3 is 2.24 bits per heavy atom. The third-order valence-corrected chi connectivity index (χ3v) is 10.5. The highest BCUT2D eigenvalue weighted by atomic mass is 32.2. The van der Waals surface area contributed by atoms with E-state index in [0.29, 0.717) is 5.56 Å². The molecule has 2 fully saturated rings. The molecule has 0 bridgehead atoms. The Hall–Kier alpha value is -1.54. The van der Waals surface area contributed by atoms with Crippen LogP contribution < -0.4 is 5.43 Å². The molecule has 2 aliphatic rings. The zero-order valence-electron chi connectivity index (χ0n) is 15.6. The summed E-state index contributed by atoms with van der Waals surface area (Å²) in [5.74, 6) is -2.22. The summed E-state index contributed by atoms with van der Waals surface area (Å²) in [6.07, 6.45) is 0.258. The summed E-state index contributed by atoms with van der Waals surface area (Å²) in [6.45, 7) is 1.50. The fraction of sp³-hybridized carbons (Fsp3) is 0.562. The van der Waals surface area contributed by atoms with Crippen LogP contribution in [0.4, 0.5) is 0 Å². The highest BCUT2D eigenvalue weighted by Gasteiger charge is 2.42. The van der Waals surface area contributed by atoms with E-state index in [2.05, 4.69) is 5.43 Å². The van der Waals surface area contributed by atoms with Gasteiger partial charge in [-0.2, -0.15) is 0 Å². The Morgan fingerprint density at radius 1 is 1.10 bits per heavy atom. The normalized spacial score (nSPS) is 26.0. The predicted octanol–water partition coefficient (Wildman–Crippen LogP) is -0.437. The van der Waals surface area contributed by atoms with E-state index >= 15 is 0 Å². The average molecular weight is 467 g/mol. The first-order valence-electron chi connectivity index (χ1n) is 8.86. The zero-order valence-corrected chi connectivity index (χ0v) is 18.1. The molecule has 2 atom stereocenters. The molecule has 2 aliphatic heterocycles. The number of hydrogen-bond acceptors (Lipinski definition) is 8. The highest BCUT2D eigenvalue weighted by molar-refractivity contribution is 7.92. The average Bonchev–Trinajstić information content (AvgIpc) is 3.13. The summed E-state index contributed by atoms with van der Waals surface area (Å²) in [7, 11) is -11.1. The van der Waals surface area contributed by atoms with Gasteiger partial charge in [0.15, 0.2) is 19.7 Å². The number of carboxylic acid groups (broad SMARTS) is 1. The Bertz CT molecular complexity index is 1140. The van der Waals surface area contributed by atoms with Crippen molar-refractivity contribution in [3.63, 3.8) is 0 Å². The van der Waals surface area contributed by atoms with Gasteiger partial charge in [0.2, 0.25) is 0 Å². The fourth-order valence-electron chi connectivity index (χ4n) is 3.53. The topological polar surface area (TPSA) is 155 Å². The van der Waals surface area contributed by atoms with Gasteiger partial charge < -0.3 is 5.11 Å². The second-order valence-corrected chi connectivity index (χ2v) is 13.6. The summed E-state index contributed by atoms with van der Waals surface area (Å²) in [4.78, 5) is 11.0. The van der Waals surface area contributed by atoms with E-state index in [9.17, 15) is 35.2 Å². The van der Waals surface area contributed by atoms with Crippen molar-refractivity contribution >= 4 is 35.7 Å². The molecule has 2 heterocycles. The predicted molar refractivity (Wildman–Crippen MR) is 104 cm³/mol. The second-order valence-electron chi connectivity index (χ2n) is 7.37. The van der Waals surface area contributed by atoms with Crippen LogP contribution >= 0.6 is 0 Å². The molecule has 162 valence electrons. The molecular weight excluding hydrogens is 444 g/mol. The van der Waals surface area contributed by atoms with Gasteiger partial charge in [0.05, 0.1) is 39.5 Å². The molecule has 2 N–H and O–H groups in total. The number of sulfonamides is 1. The summed E-state index contributed by atoms with van der Waals surface area (Å²) >= 11 is 0. The largest absolute Gasteiger partial charge is 0.478 e. The van der Waals surface area contributed by atoms with E-state index in [1.165, 1.54) is 19.1 Å². The van der Waals surface area contributed by atoms with Crippen LogP contribution in [0.25, 0.3) is 0 Å². The molecule has 10 nitrogen and oxygen atoms in total. The summed E-state index contributed by atoms with van der Waals surface area (Å²) in [6, 6.07) is 2.07. The van der Waals surface area contributed by atoms with Gasteiger partial charge in [-0.05, 0) is 37.5 Å². The minimum absolute atomic E-state index is 0.0612. The first-order valence-corrected chi connectivity index (χ1v) is 13.9. The van der Waals surface area contributed by atoms with Crippen molar-refractivity contribution in [2.24, 2.45) is 0 Å². The Balaban J connectivity index is 2.03. The number of nitrogens with one attached hydrogen (secondary N) is 1. The molecule has 13 heteroatoms. The van der Waals surface area contributed by atoms with E-state index < -0.39 is 53.5 Å². The first kappa shape index (κ1) is 22.2. The third kappa shape index (κ3) is 4.79. The fourth-order valence-corrected chi connectivity index (χ4v) is 8.81. The minimum atomic E-state index is -4.35. The maximum Gasteiger partial charge on any atom is 0.335 e. The number of hydrogen-bond donors (Lipinski definition) is 2. The van der Waals surface area contributed by atoms with Crippen molar-refractivity contribution in [2.45, 2.75) is 36.7 Å². The first-order chi connectivity index (χ1) is 13.3. The standard InChI is InChI=1S/C16H22N2O8S3/c1-11-2-3-12(16(19)20)8-15(11)29(25,26)18(14-5-7-28(23,24)10-14)17-13-4-6-27(21,22)9-13/h2-3,8,13-14,17H,4-7,9-10H2,1H3,(H,19,20)/t13-,14-/m1/s1. The van der Waals surface area contributed by atoms with Crippen LogP contribution in [0.3, 0.4) is 0 Å². The number of aromatic carboxylic acids is 1. The maximum atomic E-state index is 13.4. The van der Waals surface area contributed by atoms with E-state index in [-0.39, 0.29) is 40.6 Å². The molecule has 2 saturated heterocycles. The molecule has 0 saturated carbocycles. The lowest BCUT2D eigenvalue weighted by atomic mass is 10.1.